The third-order valence-corrected chi connectivity index (χ3v) is 4.42. The highest BCUT2D eigenvalue weighted by molar-refractivity contribution is 7.18. The molecule has 4 rings (SSSR count). The van der Waals surface area contributed by atoms with Crippen molar-refractivity contribution in [1.82, 2.24) is 15.2 Å². The van der Waals surface area contributed by atoms with Crippen molar-refractivity contribution in [2.24, 2.45) is 0 Å². The van der Waals surface area contributed by atoms with Crippen LogP contribution in [0.1, 0.15) is 0 Å². The maximum Gasteiger partial charge on any atom is 0.230 e. The van der Waals surface area contributed by atoms with E-state index in [4.69, 9.17) is 0 Å². The molecule has 0 radical (unpaired) electrons. The van der Waals surface area contributed by atoms with Crippen molar-refractivity contribution in [3.63, 3.8) is 0 Å². The number of nitrogens with zero attached hydrogens (tertiary/aromatic N) is 2. The summed E-state index contributed by atoms with van der Waals surface area (Å²) in [5.74, 6) is 0.0493. The van der Waals surface area contributed by atoms with Crippen LogP contribution in [0.15, 0.2) is 54.6 Å². The molecule has 2 aromatic carbocycles. The molecule has 2 heterocycles. The van der Waals surface area contributed by atoms with Crippen molar-refractivity contribution in [1.29, 1.82) is 0 Å². The molecular formula is C16H11N3OS. The lowest BCUT2D eigenvalue weighted by Gasteiger charge is -1.95. The Morgan fingerprint density at radius 2 is 1.71 bits per heavy atom. The van der Waals surface area contributed by atoms with E-state index in [2.05, 4.69) is 15.2 Å². The Hall–Kier alpha value is -2.66. The van der Waals surface area contributed by atoms with Crippen molar-refractivity contribution >= 4 is 22.2 Å². The second-order valence-electron chi connectivity index (χ2n) is 4.66. The number of aromatic amines is 1. The number of para-hydroxylation sites is 1. The number of H-pyrrole nitrogens is 1. The molecule has 0 atom stereocenters. The van der Waals surface area contributed by atoms with Gasteiger partial charge >= 0.3 is 0 Å². The monoisotopic (exact) mass is 293 g/mol. The Morgan fingerprint density at radius 3 is 2.57 bits per heavy atom. The molecule has 0 unspecified atom stereocenters. The van der Waals surface area contributed by atoms with E-state index in [0.717, 1.165) is 27.0 Å². The summed E-state index contributed by atoms with van der Waals surface area (Å²) >= 11 is 1.44. The van der Waals surface area contributed by atoms with Crippen LogP contribution >= 0.6 is 11.3 Å². The highest BCUT2D eigenvalue weighted by atomic mass is 32.1. The lowest BCUT2D eigenvalue weighted by atomic mass is 10.2. The molecule has 2 aromatic heterocycles. The fourth-order valence-electron chi connectivity index (χ4n) is 2.32. The topological polar surface area (TPSA) is 61.8 Å². The molecule has 0 bridgehead atoms. The number of rotatable bonds is 2. The Labute approximate surface area is 124 Å². The minimum absolute atomic E-state index is 0.0493. The lowest BCUT2D eigenvalue weighted by Crippen LogP contribution is -1.76. The summed E-state index contributed by atoms with van der Waals surface area (Å²) in [7, 11) is 0. The zero-order chi connectivity index (χ0) is 14.2. The number of hydrogen-bond donors (Lipinski definition) is 2. The van der Waals surface area contributed by atoms with Gasteiger partial charge in [0.05, 0.1) is 10.4 Å². The minimum Gasteiger partial charge on any atom is -0.492 e. The van der Waals surface area contributed by atoms with Gasteiger partial charge in [0.2, 0.25) is 5.88 Å². The molecule has 0 spiro atoms. The molecule has 4 nitrogen and oxygen atoms in total. The molecule has 0 aliphatic rings. The van der Waals surface area contributed by atoms with Crippen molar-refractivity contribution in [3.05, 3.63) is 54.6 Å². The number of benzene rings is 2. The summed E-state index contributed by atoms with van der Waals surface area (Å²) in [6.45, 7) is 0. The van der Waals surface area contributed by atoms with Crippen molar-refractivity contribution in [2.75, 3.05) is 0 Å². The van der Waals surface area contributed by atoms with Gasteiger partial charge < -0.3 is 5.11 Å². The van der Waals surface area contributed by atoms with Gasteiger partial charge in [0, 0.05) is 5.39 Å². The molecule has 0 saturated heterocycles. The molecule has 0 amide bonds. The first-order valence-electron chi connectivity index (χ1n) is 6.51. The number of nitrogens with one attached hydrogen (secondary N) is 1. The fourth-order valence-corrected chi connectivity index (χ4v) is 3.29. The van der Waals surface area contributed by atoms with E-state index in [9.17, 15) is 5.11 Å². The summed E-state index contributed by atoms with van der Waals surface area (Å²) < 4.78 is 0. The van der Waals surface area contributed by atoms with Gasteiger partial charge in [0.1, 0.15) is 10.7 Å². The summed E-state index contributed by atoms with van der Waals surface area (Å²) in [5, 5.41) is 19.1. The van der Waals surface area contributed by atoms with E-state index in [0.29, 0.717) is 5.01 Å². The predicted molar refractivity (Wildman–Crippen MR) is 84.3 cm³/mol. The summed E-state index contributed by atoms with van der Waals surface area (Å²) in [6, 6.07) is 17.6. The van der Waals surface area contributed by atoms with Crippen molar-refractivity contribution in [3.8, 4) is 27.0 Å². The van der Waals surface area contributed by atoms with Crippen LogP contribution in [-0.4, -0.2) is 20.3 Å². The minimum atomic E-state index is 0.0493. The van der Waals surface area contributed by atoms with Crippen LogP contribution in [0.5, 0.6) is 5.88 Å². The first kappa shape index (κ1) is 12.1. The first-order valence-corrected chi connectivity index (χ1v) is 7.33. The smallest absolute Gasteiger partial charge is 0.230 e. The molecule has 0 fully saturated rings. The van der Waals surface area contributed by atoms with Gasteiger partial charge in [-0.05, 0) is 11.6 Å². The lowest BCUT2D eigenvalue weighted by molar-refractivity contribution is 0.459. The van der Waals surface area contributed by atoms with Crippen LogP contribution in [0.4, 0.5) is 0 Å². The molecule has 102 valence electrons. The average molecular weight is 293 g/mol. The fraction of sp³-hybridized carbons (Fsp3) is 0. The number of fused-ring (bicyclic) bond motifs is 1. The molecule has 0 saturated carbocycles. The third kappa shape index (κ3) is 1.98. The van der Waals surface area contributed by atoms with E-state index in [-0.39, 0.29) is 5.88 Å². The highest BCUT2D eigenvalue weighted by Crippen LogP contribution is 2.40. The van der Waals surface area contributed by atoms with Crippen LogP contribution in [0.25, 0.3) is 32.0 Å². The highest BCUT2D eigenvalue weighted by Gasteiger charge is 2.17. The van der Waals surface area contributed by atoms with Crippen molar-refractivity contribution in [2.45, 2.75) is 0 Å². The summed E-state index contributed by atoms with van der Waals surface area (Å²) in [5.41, 5.74) is 2.69. The third-order valence-electron chi connectivity index (χ3n) is 3.32. The zero-order valence-electron chi connectivity index (χ0n) is 10.9. The number of aromatic hydroxyl groups is 1. The number of hydrogen-bond acceptors (Lipinski definition) is 4. The maximum absolute atomic E-state index is 10.1. The van der Waals surface area contributed by atoms with E-state index in [1.807, 2.05) is 54.6 Å². The van der Waals surface area contributed by atoms with Crippen LogP contribution < -0.4 is 0 Å². The molecule has 2 N–H and O–H groups in total. The van der Waals surface area contributed by atoms with Gasteiger partial charge in [0.25, 0.3) is 0 Å². The largest absolute Gasteiger partial charge is 0.492 e. The van der Waals surface area contributed by atoms with Gasteiger partial charge in [-0.1, -0.05) is 48.5 Å². The van der Waals surface area contributed by atoms with E-state index in [1.54, 1.807) is 0 Å². The van der Waals surface area contributed by atoms with Gasteiger partial charge in [-0.25, -0.2) is 0 Å². The molecule has 0 aliphatic heterocycles. The first-order chi connectivity index (χ1) is 10.3. The Kier molecular flexibility index (Phi) is 2.72. The second kappa shape index (κ2) is 4.71. The van der Waals surface area contributed by atoms with Gasteiger partial charge in [-0.15, -0.1) is 11.3 Å². The van der Waals surface area contributed by atoms with Gasteiger partial charge in [-0.3, -0.25) is 5.10 Å². The molecule has 21 heavy (non-hydrogen) atoms. The number of thiazole rings is 1. The SMILES string of the molecule is Oc1nc(-c2n[nH]c3ccccc23)sc1-c1ccccc1. The summed E-state index contributed by atoms with van der Waals surface area (Å²) in [4.78, 5) is 5.03. The van der Waals surface area contributed by atoms with Crippen LogP contribution in [-0.2, 0) is 0 Å². The van der Waals surface area contributed by atoms with Crippen LogP contribution in [0.2, 0.25) is 0 Å². The van der Waals surface area contributed by atoms with Crippen LogP contribution in [0.3, 0.4) is 0 Å². The quantitative estimate of drug-likeness (QED) is 0.586. The maximum atomic E-state index is 10.1. The van der Waals surface area contributed by atoms with Gasteiger partial charge in [0.15, 0.2) is 0 Å². The number of aromatic nitrogens is 3. The van der Waals surface area contributed by atoms with E-state index in [1.165, 1.54) is 11.3 Å². The Morgan fingerprint density at radius 1 is 0.952 bits per heavy atom. The Bertz CT molecular complexity index is 912. The van der Waals surface area contributed by atoms with Crippen molar-refractivity contribution < 1.29 is 5.11 Å². The average Bonchev–Trinajstić information content (AvgIpc) is 3.11. The normalized spacial score (nSPS) is 11.0. The summed E-state index contributed by atoms with van der Waals surface area (Å²) in [6.07, 6.45) is 0. The molecular weight excluding hydrogens is 282 g/mol. The second-order valence-corrected chi connectivity index (χ2v) is 5.65. The van der Waals surface area contributed by atoms with Crippen LogP contribution in [0, 0.1) is 0 Å². The Balaban J connectivity index is 1.87. The van der Waals surface area contributed by atoms with E-state index >= 15 is 0 Å². The standard InChI is InChI=1S/C16H11N3OS/c20-15-14(10-6-2-1-3-7-10)21-16(17-15)13-11-8-4-5-9-12(11)18-19-13/h1-9,20H,(H,18,19). The molecule has 0 aliphatic carbocycles. The van der Waals surface area contributed by atoms with E-state index < -0.39 is 0 Å². The zero-order valence-corrected chi connectivity index (χ0v) is 11.8. The van der Waals surface area contributed by atoms with Gasteiger partial charge in [-0.2, -0.15) is 10.1 Å². The molecule has 4 aromatic rings. The molecule has 5 heteroatoms. The predicted octanol–water partition coefficient (Wildman–Crippen LogP) is 4.06.